The van der Waals surface area contributed by atoms with E-state index in [2.05, 4.69) is 0 Å². The van der Waals surface area contributed by atoms with Crippen LogP contribution < -0.4 is 5.43 Å². The van der Waals surface area contributed by atoms with E-state index >= 15 is 0 Å². The predicted octanol–water partition coefficient (Wildman–Crippen LogP) is 3.02. The summed E-state index contributed by atoms with van der Waals surface area (Å²) in [5.41, 5.74) is -0.227. The average molecular weight is 354 g/mol. The molecule has 0 aliphatic rings. The molecule has 26 heavy (non-hydrogen) atoms. The summed E-state index contributed by atoms with van der Waals surface area (Å²) in [5.74, 6) is -3.14. The molecule has 0 radical (unpaired) electrons. The summed E-state index contributed by atoms with van der Waals surface area (Å²) in [6.45, 7) is 0. The molecule has 0 aliphatic carbocycles. The number of rotatable bonds is 2. The second-order valence-corrected chi connectivity index (χ2v) is 5.61. The van der Waals surface area contributed by atoms with E-state index in [1.165, 1.54) is 18.2 Å². The number of benzene rings is 2. The normalized spacial score (nSPS) is 11.2. The first kappa shape index (κ1) is 15.6. The molecule has 0 spiro atoms. The largest absolute Gasteiger partial charge is 0.504 e. The molecule has 0 saturated carbocycles. The zero-order chi connectivity index (χ0) is 18.6. The number of carbonyl (C=O) groups is 1. The van der Waals surface area contributed by atoms with Crippen molar-refractivity contribution in [1.82, 2.24) is 0 Å². The lowest BCUT2D eigenvalue weighted by Crippen LogP contribution is -2.01. The smallest absolute Gasteiger partial charge is 0.371 e. The first-order valence-electron chi connectivity index (χ1n) is 7.34. The van der Waals surface area contributed by atoms with Crippen molar-refractivity contribution in [3.8, 4) is 28.6 Å². The van der Waals surface area contributed by atoms with Crippen LogP contribution in [0, 0.1) is 0 Å². The van der Waals surface area contributed by atoms with Gasteiger partial charge in [-0.25, -0.2) is 4.79 Å². The third kappa shape index (κ3) is 2.24. The van der Waals surface area contributed by atoms with Crippen molar-refractivity contribution in [3.63, 3.8) is 0 Å². The Morgan fingerprint density at radius 1 is 0.885 bits per heavy atom. The number of carboxylic acids is 1. The molecule has 130 valence electrons. The van der Waals surface area contributed by atoms with E-state index in [-0.39, 0.29) is 39.0 Å². The highest BCUT2D eigenvalue weighted by Crippen LogP contribution is 2.42. The van der Waals surface area contributed by atoms with Crippen molar-refractivity contribution in [2.45, 2.75) is 0 Å². The van der Waals surface area contributed by atoms with Gasteiger partial charge in [0, 0.05) is 29.1 Å². The number of hydrogen-bond acceptors (Lipinski definition) is 7. The van der Waals surface area contributed by atoms with Gasteiger partial charge in [-0.3, -0.25) is 4.79 Å². The summed E-state index contributed by atoms with van der Waals surface area (Å²) in [7, 11) is 0. The van der Waals surface area contributed by atoms with Crippen LogP contribution in [0.2, 0.25) is 0 Å². The van der Waals surface area contributed by atoms with Gasteiger partial charge in [-0.2, -0.15) is 0 Å². The maximum Gasteiger partial charge on any atom is 0.371 e. The van der Waals surface area contributed by atoms with Crippen LogP contribution in [-0.2, 0) is 0 Å². The Bertz CT molecular complexity index is 1260. The Labute approximate surface area is 143 Å². The van der Waals surface area contributed by atoms with Gasteiger partial charge in [0.2, 0.25) is 5.76 Å². The van der Waals surface area contributed by atoms with Crippen molar-refractivity contribution < 1.29 is 34.1 Å². The fraction of sp³-hybridized carbons (Fsp3) is 0. The van der Waals surface area contributed by atoms with Crippen molar-refractivity contribution in [2.24, 2.45) is 0 Å². The third-order valence-electron chi connectivity index (χ3n) is 3.93. The Hall–Kier alpha value is -3.94. The topological polar surface area (TPSA) is 141 Å². The molecule has 2 aromatic carbocycles. The molecule has 2 aromatic heterocycles. The zero-order valence-corrected chi connectivity index (χ0v) is 12.9. The number of carboxylic acid groups (broad SMARTS) is 1. The van der Waals surface area contributed by atoms with Gasteiger partial charge < -0.3 is 29.3 Å². The molecule has 0 amide bonds. The molecule has 4 rings (SSSR count). The molecular formula is C18H10O8. The number of aromatic carboxylic acids is 1. The van der Waals surface area contributed by atoms with Crippen molar-refractivity contribution >= 4 is 27.9 Å². The fourth-order valence-corrected chi connectivity index (χ4v) is 2.78. The Morgan fingerprint density at radius 2 is 1.58 bits per heavy atom. The lowest BCUT2D eigenvalue weighted by molar-refractivity contribution is 0.0663. The van der Waals surface area contributed by atoms with Crippen LogP contribution in [0.1, 0.15) is 10.6 Å². The lowest BCUT2D eigenvalue weighted by Gasteiger charge is -2.12. The van der Waals surface area contributed by atoms with Gasteiger partial charge in [0.25, 0.3) is 0 Å². The zero-order valence-electron chi connectivity index (χ0n) is 12.9. The molecule has 8 nitrogen and oxygen atoms in total. The Kier molecular flexibility index (Phi) is 3.16. The van der Waals surface area contributed by atoms with Crippen LogP contribution in [-0.4, -0.2) is 26.4 Å². The predicted molar refractivity (Wildman–Crippen MR) is 89.6 cm³/mol. The molecule has 0 unspecified atom stereocenters. The Morgan fingerprint density at radius 3 is 2.23 bits per heavy atom. The number of aromatic hydroxyl groups is 3. The van der Waals surface area contributed by atoms with Crippen LogP contribution in [0.25, 0.3) is 33.3 Å². The summed E-state index contributed by atoms with van der Waals surface area (Å²) in [5, 5.41) is 39.3. The van der Waals surface area contributed by atoms with Gasteiger partial charge in [0.15, 0.2) is 28.4 Å². The minimum absolute atomic E-state index is 0.0402. The first-order valence-corrected chi connectivity index (χ1v) is 7.34. The highest BCUT2D eigenvalue weighted by molar-refractivity contribution is 6.10. The summed E-state index contributed by atoms with van der Waals surface area (Å²) >= 11 is 0. The number of phenols is 2. The van der Waals surface area contributed by atoms with Gasteiger partial charge in [0.1, 0.15) is 11.2 Å². The van der Waals surface area contributed by atoms with E-state index in [1.54, 1.807) is 0 Å². The highest BCUT2D eigenvalue weighted by Gasteiger charge is 2.21. The molecule has 8 heteroatoms. The SMILES string of the molecule is O=C(O)c1cc2c(O)c(-c3ccc(O)c(O)c3)oc3cc(=O)cc(o1)c32. The monoisotopic (exact) mass is 354 g/mol. The fourth-order valence-electron chi connectivity index (χ4n) is 2.78. The minimum atomic E-state index is -1.37. The van der Waals surface area contributed by atoms with Gasteiger partial charge in [-0.1, -0.05) is 0 Å². The van der Waals surface area contributed by atoms with E-state index in [0.29, 0.717) is 0 Å². The molecule has 4 aromatic rings. The van der Waals surface area contributed by atoms with E-state index in [9.17, 15) is 30.0 Å². The first-order chi connectivity index (χ1) is 12.3. The molecule has 0 atom stereocenters. The van der Waals surface area contributed by atoms with Gasteiger partial charge in [-0.15, -0.1) is 0 Å². The second kappa shape index (κ2) is 5.28. The van der Waals surface area contributed by atoms with Crippen LogP contribution in [0.3, 0.4) is 0 Å². The van der Waals surface area contributed by atoms with Crippen molar-refractivity contribution in [3.05, 3.63) is 52.4 Å². The average Bonchev–Trinajstić information content (AvgIpc) is 2.59. The van der Waals surface area contributed by atoms with Crippen molar-refractivity contribution in [1.29, 1.82) is 0 Å². The van der Waals surface area contributed by atoms with E-state index < -0.39 is 28.7 Å². The molecule has 0 aliphatic heterocycles. The molecule has 0 bridgehead atoms. The molecule has 0 saturated heterocycles. The summed E-state index contributed by atoms with van der Waals surface area (Å²) in [4.78, 5) is 23.1. The van der Waals surface area contributed by atoms with Crippen molar-refractivity contribution in [2.75, 3.05) is 0 Å². The molecule has 2 heterocycles. The minimum Gasteiger partial charge on any atom is -0.504 e. The lowest BCUT2D eigenvalue weighted by atomic mass is 10.0. The number of phenolic OH excluding ortho intramolecular Hbond substituents is 2. The summed E-state index contributed by atoms with van der Waals surface area (Å²) in [6.07, 6.45) is 0. The molecule has 0 fully saturated rings. The van der Waals surface area contributed by atoms with Crippen LogP contribution in [0.5, 0.6) is 17.2 Å². The molecule has 4 N–H and O–H groups in total. The Balaban J connectivity index is 2.16. The van der Waals surface area contributed by atoms with Crippen LogP contribution >= 0.6 is 0 Å². The maximum absolute atomic E-state index is 11.9. The van der Waals surface area contributed by atoms with Crippen LogP contribution in [0.4, 0.5) is 0 Å². The van der Waals surface area contributed by atoms with Gasteiger partial charge >= 0.3 is 5.97 Å². The van der Waals surface area contributed by atoms with E-state index in [4.69, 9.17) is 8.83 Å². The number of hydrogen-bond donors (Lipinski definition) is 4. The molecular weight excluding hydrogens is 344 g/mol. The van der Waals surface area contributed by atoms with Gasteiger partial charge in [0.05, 0.1) is 5.39 Å². The summed E-state index contributed by atoms with van der Waals surface area (Å²) in [6, 6.07) is 7.14. The van der Waals surface area contributed by atoms with E-state index in [0.717, 1.165) is 18.2 Å². The second-order valence-electron chi connectivity index (χ2n) is 5.61. The quantitative estimate of drug-likeness (QED) is 0.403. The standard InChI is InChI=1S/C18H10O8/c19-8-4-12-15-9(6-14(25-12)18(23)24)16(22)17(26-13(15)5-8)7-1-2-10(20)11(21)3-7/h1-6,20-22H,(H,23,24). The maximum atomic E-state index is 11.9. The third-order valence-corrected chi connectivity index (χ3v) is 3.93. The highest BCUT2D eigenvalue weighted by atomic mass is 16.4. The summed E-state index contributed by atoms with van der Waals surface area (Å²) < 4.78 is 10.8. The van der Waals surface area contributed by atoms with Gasteiger partial charge in [-0.05, 0) is 18.2 Å². The van der Waals surface area contributed by atoms with E-state index in [1.807, 2.05) is 0 Å². The van der Waals surface area contributed by atoms with Crippen LogP contribution in [0.15, 0.2) is 50.0 Å².